The largest absolute Gasteiger partial charge is 0.366 e. The molecule has 3 nitrogen and oxygen atoms in total. The molecule has 1 amide bonds. The van der Waals surface area contributed by atoms with Crippen molar-refractivity contribution in [2.45, 2.75) is 0 Å². The maximum absolute atomic E-state index is 13.2. The van der Waals surface area contributed by atoms with Crippen LogP contribution in [0.5, 0.6) is 0 Å². The van der Waals surface area contributed by atoms with Crippen molar-refractivity contribution < 1.29 is 9.18 Å². The number of carbonyl (C=O) groups excluding carboxylic acids is 1. The second-order valence-corrected chi connectivity index (χ2v) is 2.67. The van der Waals surface area contributed by atoms with Crippen molar-refractivity contribution in [3.63, 3.8) is 0 Å². The van der Waals surface area contributed by atoms with Crippen LogP contribution in [0, 0.1) is 5.82 Å². The Labute approximate surface area is 74.0 Å². The number of nitrogens with two attached hydrogens (primary N) is 1. The van der Waals surface area contributed by atoms with E-state index in [1.807, 2.05) is 0 Å². The molecule has 1 radical (unpaired) electrons. The lowest BCUT2D eigenvalue weighted by Crippen LogP contribution is -2.12. The van der Waals surface area contributed by atoms with E-state index >= 15 is 0 Å². The zero-order valence-electron chi connectivity index (χ0n) is 6.62. The van der Waals surface area contributed by atoms with E-state index in [-0.39, 0.29) is 11.1 Å². The molecule has 1 aliphatic heterocycles. The second-order valence-electron chi connectivity index (χ2n) is 2.67. The minimum absolute atomic E-state index is 0.133. The normalized spacial score (nSPS) is 13.2. The van der Waals surface area contributed by atoms with E-state index in [0.717, 1.165) is 0 Å². The third-order valence-electron chi connectivity index (χ3n) is 1.86. The summed E-state index contributed by atoms with van der Waals surface area (Å²) in [5.74, 6) is -1.13. The molecular formula is C9H6FN2O. The quantitative estimate of drug-likeness (QED) is 0.680. The molecule has 0 saturated carbocycles. The highest BCUT2D eigenvalue weighted by Gasteiger charge is 2.22. The van der Waals surface area contributed by atoms with Crippen molar-refractivity contribution in [2.24, 2.45) is 5.73 Å². The minimum Gasteiger partial charge on any atom is -0.366 e. The van der Waals surface area contributed by atoms with Crippen LogP contribution in [0.4, 0.5) is 10.1 Å². The molecule has 13 heavy (non-hydrogen) atoms. The van der Waals surface area contributed by atoms with Gasteiger partial charge in [-0.25, -0.2) is 4.39 Å². The van der Waals surface area contributed by atoms with Gasteiger partial charge in [0.2, 0.25) is 0 Å². The smallest absolute Gasteiger partial charge is 0.251 e. The summed E-state index contributed by atoms with van der Waals surface area (Å²) in [4.78, 5) is 10.8. The number of amides is 1. The number of carbonyl (C=O) groups is 1. The van der Waals surface area contributed by atoms with Gasteiger partial charge in [0.05, 0.1) is 16.8 Å². The lowest BCUT2D eigenvalue weighted by Gasteiger charge is -2.00. The summed E-state index contributed by atoms with van der Waals surface area (Å²) in [6, 6.07) is 4.44. The number of rotatable bonds is 1. The molecule has 0 fully saturated rings. The van der Waals surface area contributed by atoms with E-state index in [2.05, 4.69) is 5.32 Å². The summed E-state index contributed by atoms with van der Waals surface area (Å²) in [5.41, 5.74) is 5.84. The third kappa shape index (κ3) is 1.07. The molecule has 65 valence electrons. The van der Waals surface area contributed by atoms with Gasteiger partial charge < -0.3 is 5.73 Å². The van der Waals surface area contributed by atoms with Crippen LogP contribution in [0.1, 0.15) is 5.56 Å². The topological polar surface area (TPSA) is 57.2 Å². The average Bonchev–Trinajstić information content (AvgIpc) is 2.49. The Balaban J connectivity index is 2.60. The van der Waals surface area contributed by atoms with Crippen LogP contribution in [0.25, 0.3) is 5.57 Å². The molecule has 1 heterocycles. The Morgan fingerprint density at radius 2 is 2.23 bits per heavy atom. The van der Waals surface area contributed by atoms with E-state index in [4.69, 9.17) is 5.73 Å². The number of hydrogen-bond donors (Lipinski definition) is 1. The fourth-order valence-corrected chi connectivity index (χ4v) is 1.27. The fraction of sp³-hybridized carbons (Fsp3) is 0. The first-order valence-corrected chi connectivity index (χ1v) is 3.70. The highest BCUT2D eigenvalue weighted by Crippen LogP contribution is 2.31. The first-order chi connectivity index (χ1) is 6.20. The van der Waals surface area contributed by atoms with Crippen LogP contribution in [0.2, 0.25) is 0 Å². The summed E-state index contributed by atoms with van der Waals surface area (Å²) in [5, 5.41) is 3.86. The number of hydrogen-bond acceptors (Lipinski definition) is 1. The van der Waals surface area contributed by atoms with Crippen LogP contribution in [0.15, 0.2) is 24.4 Å². The number of benzene rings is 1. The molecule has 0 bridgehead atoms. The zero-order valence-corrected chi connectivity index (χ0v) is 6.62. The molecule has 1 aromatic carbocycles. The standard InChI is InChI=1S/C9H6FN2O/c10-6-2-1-3-7-8(6)5(4-12-7)9(11)13/h1-4H,(H2,11,13). The molecule has 1 aromatic rings. The SMILES string of the molecule is NC(=O)C1=C[N]c2cccc(F)c21. The Morgan fingerprint density at radius 3 is 2.92 bits per heavy atom. The highest BCUT2D eigenvalue weighted by atomic mass is 19.1. The van der Waals surface area contributed by atoms with Gasteiger partial charge in [0.25, 0.3) is 5.91 Å². The van der Waals surface area contributed by atoms with E-state index in [1.165, 1.54) is 18.3 Å². The maximum atomic E-state index is 13.2. The lowest BCUT2D eigenvalue weighted by molar-refractivity contribution is -0.112. The molecule has 2 N–H and O–H groups in total. The van der Waals surface area contributed by atoms with Gasteiger partial charge in [-0.15, -0.1) is 0 Å². The van der Waals surface area contributed by atoms with Crippen LogP contribution < -0.4 is 11.1 Å². The van der Waals surface area contributed by atoms with Crippen LogP contribution >= 0.6 is 0 Å². The number of nitrogens with zero attached hydrogens (tertiary/aromatic N) is 1. The van der Waals surface area contributed by atoms with Crippen molar-refractivity contribution in [1.29, 1.82) is 0 Å². The zero-order chi connectivity index (χ0) is 9.42. The van der Waals surface area contributed by atoms with Crippen LogP contribution in [-0.4, -0.2) is 5.91 Å². The van der Waals surface area contributed by atoms with E-state index < -0.39 is 11.7 Å². The van der Waals surface area contributed by atoms with Gasteiger partial charge in [-0.3, -0.25) is 10.1 Å². The van der Waals surface area contributed by atoms with Gasteiger partial charge in [0.1, 0.15) is 5.82 Å². The van der Waals surface area contributed by atoms with Crippen LogP contribution in [0.3, 0.4) is 0 Å². The molecule has 0 aliphatic carbocycles. The van der Waals surface area contributed by atoms with E-state index in [9.17, 15) is 9.18 Å². The molecule has 0 aromatic heterocycles. The summed E-state index contributed by atoms with van der Waals surface area (Å²) >= 11 is 0. The first kappa shape index (κ1) is 7.79. The Morgan fingerprint density at radius 1 is 1.46 bits per heavy atom. The number of primary amides is 1. The summed E-state index contributed by atoms with van der Waals surface area (Å²) in [6.45, 7) is 0. The Bertz CT molecular complexity index is 412. The average molecular weight is 177 g/mol. The molecule has 0 unspecified atom stereocenters. The predicted octanol–water partition coefficient (Wildman–Crippen LogP) is 0.901. The Kier molecular flexibility index (Phi) is 1.55. The van der Waals surface area contributed by atoms with Gasteiger partial charge in [0.15, 0.2) is 0 Å². The summed E-state index contributed by atoms with van der Waals surface area (Å²) in [6.07, 6.45) is 1.29. The monoisotopic (exact) mass is 177 g/mol. The number of fused-ring (bicyclic) bond motifs is 1. The first-order valence-electron chi connectivity index (χ1n) is 3.70. The van der Waals surface area contributed by atoms with Crippen LogP contribution in [-0.2, 0) is 4.79 Å². The van der Waals surface area contributed by atoms with Crippen molar-refractivity contribution in [1.82, 2.24) is 5.32 Å². The van der Waals surface area contributed by atoms with Crippen molar-refractivity contribution in [3.8, 4) is 0 Å². The van der Waals surface area contributed by atoms with Gasteiger partial charge in [-0.05, 0) is 12.1 Å². The van der Waals surface area contributed by atoms with E-state index in [1.54, 1.807) is 6.07 Å². The van der Waals surface area contributed by atoms with Gasteiger partial charge in [0, 0.05) is 6.20 Å². The molecule has 0 spiro atoms. The van der Waals surface area contributed by atoms with Gasteiger partial charge in [-0.2, -0.15) is 0 Å². The molecule has 4 heteroatoms. The van der Waals surface area contributed by atoms with Crippen molar-refractivity contribution >= 4 is 17.2 Å². The summed E-state index contributed by atoms with van der Waals surface area (Å²) in [7, 11) is 0. The molecular weight excluding hydrogens is 171 g/mol. The van der Waals surface area contributed by atoms with Gasteiger partial charge >= 0.3 is 0 Å². The molecule has 2 rings (SSSR count). The molecule has 0 saturated heterocycles. The predicted molar refractivity (Wildman–Crippen MR) is 45.4 cm³/mol. The summed E-state index contributed by atoms with van der Waals surface area (Å²) < 4.78 is 13.2. The minimum atomic E-state index is -0.660. The Hall–Kier alpha value is -1.84. The number of halogens is 1. The van der Waals surface area contributed by atoms with Crippen molar-refractivity contribution in [3.05, 3.63) is 35.8 Å². The van der Waals surface area contributed by atoms with Crippen molar-refractivity contribution in [2.75, 3.05) is 0 Å². The van der Waals surface area contributed by atoms with Gasteiger partial charge in [-0.1, -0.05) is 6.07 Å². The van der Waals surface area contributed by atoms with E-state index in [0.29, 0.717) is 5.69 Å². The molecule has 0 atom stereocenters. The lowest BCUT2D eigenvalue weighted by atomic mass is 10.1. The molecule has 1 aliphatic rings. The fourth-order valence-electron chi connectivity index (χ4n) is 1.27. The second kappa shape index (κ2) is 2.58. The maximum Gasteiger partial charge on any atom is 0.251 e. The highest BCUT2D eigenvalue weighted by molar-refractivity contribution is 6.21. The third-order valence-corrected chi connectivity index (χ3v) is 1.86.